The minimum absolute atomic E-state index is 0.00301. The Balaban J connectivity index is 1.67. The fourth-order valence-electron chi connectivity index (χ4n) is 3.33. The second-order valence-corrected chi connectivity index (χ2v) is 7.66. The average molecular weight is 343 g/mol. The van der Waals surface area contributed by atoms with Gasteiger partial charge in [0.25, 0.3) is 0 Å². The molecule has 1 amide bonds. The van der Waals surface area contributed by atoms with E-state index in [1.54, 1.807) is 11.3 Å². The molecule has 0 aliphatic heterocycles. The minimum atomic E-state index is -0.127. The molecule has 0 bridgehead atoms. The Morgan fingerprint density at radius 1 is 1.25 bits per heavy atom. The number of nitrogens with one attached hydrogen (secondary N) is 2. The number of hydrogen-bond donors (Lipinski definition) is 2. The molecule has 1 aliphatic rings. The van der Waals surface area contributed by atoms with Crippen LogP contribution >= 0.6 is 11.3 Å². The average Bonchev–Trinajstić information content (AvgIpc) is 3.19. The topological polar surface area (TPSA) is 54.0 Å². The zero-order valence-corrected chi connectivity index (χ0v) is 15.4. The molecule has 0 atom stereocenters. The maximum absolute atomic E-state index is 12.4. The highest BCUT2D eigenvalue weighted by atomic mass is 32.1. The van der Waals surface area contributed by atoms with E-state index in [4.69, 9.17) is 0 Å². The van der Waals surface area contributed by atoms with Gasteiger partial charge >= 0.3 is 0 Å². The standard InChI is InChI=1S/C19H25N3OS/c1-13-6-7-14(2)16(10-13)22-17(23)11-20-19(8-4-5-9-19)18-21-15(3)12-24-18/h6-7,10,12,20H,4-5,8-9,11H2,1-3H3,(H,22,23). The molecule has 1 aliphatic carbocycles. The molecule has 1 aromatic heterocycles. The number of benzene rings is 1. The van der Waals surface area contributed by atoms with Crippen molar-refractivity contribution in [3.05, 3.63) is 45.4 Å². The second kappa shape index (κ2) is 7.03. The molecular weight excluding hydrogens is 318 g/mol. The lowest BCUT2D eigenvalue weighted by Crippen LogP contribution is -2.44. The van der Waals surface area contributed by atoms with Crippen molar-refractivity contribution in [3.63, 3.8) is 0 Å². The Morgan fingerprint density at radius 2 is 2.00 bits per heavy atom. The number of rotatable bonds is 5. The number of hydrogen-bond acceptors (Lipinski definition) is 4. The molecule has 0 unspecified atom stereocenters. The molecule has 1 fully saturated rings. The largest absolute Gasteiger partial charge is 0.325 e. The van der Waals surface area contributed by atoms with Crippen molar-refractivity contribution in [1.82, 2.24) is 10.3 Å². The monoisotopic (exact) mass is 343 g/mol. The van der Waals surface area contributed by atoms with Crippen molar-refractivity contribution in [2.24, 2.45) is 0 Å². The summed E-state index contributed by atoms with van der Waals surface area (Å²) in [6.45, 7) is 6.38. The van der Waals surface area contributed by atoms with Crippen molar-refractivity contribution < 1.29 is 4.79 Å². The Hall–Kier alpha value is -1.72. The Morgan fingerprint density at radius 3 is 2.67 bits per heavy atom. The van der Waals surface area contributed by atoms with Crippen LogP contribution in [0.1, 0.15) is 47.5 Å². The number of anilines is 1. The van der Waals surface area contributed by atoms with Crippen molar-refractivity contribution in [2.75, 3.05) is 11.9 Å². The number of thiazole rings is 1. The lowest BCUT2D eigenvalue weighted by Gasteiger charge is -2.28. The van der Waals surface area contributed by atoms with Gasteiger partial charge < -0.3 is 5.32 Å². The number of carbonyl (C=O) groups is 1. The highest BCUT2D eigenvalue weighted by molar-refractivity contribution is 7.09. The zero-order chi connectivity index (χ0) is 17.2. The lowest BCUT2D eigenvalue weighted by atomic mass is 9.98. The molecule has 5 heteroatoms. The van der Waals surface area contributed by atoms with Crippen LogP contribution in [0.5, 0.6) is 0 Å². The van der Waals surface area contributed by atoms with Gasteiger partial charge in [0, 0.05) is 16.8 Å². The van der Waals surface area contributed by atoms with E-state index < -0.39 is 0 Å². The maximum atomic E-state index is 12.4. The molecule has 24 heavy (non-hydrogen) atoms. The third-order valence-corrected chi connectivity index (χ3v) is 5.90. The van der Waals surface area contributed by atoms with E-state index in [9.17, 15) is 4.79 Å². The van der Waals surface area contributed by atoms with Gasteiger partial charge in [0.1, 0.15) is 5.01 Å². The first kappa shape index (κ1) is 17.1. The molecular formula is C19H25N3OS. The first-order valence-corrected chi connectivity index (χ1v) is 9.41. The summed E-state index contributed by atoms with van der Waals surface area (Å²) in [6, 6.07) is 6.11. The molecule has 3 rings (SSSR count). The van der Waals surface area contributed by atoms with Gasteiger partial charge in [0.15, 0.2) is 0 Å². The number of amides is 1. The van der Waals surface area contributed by atoms with E-state index in [1.165, 1.54) is 12.8 Å². The van der Waals surface area contributed by atoms with Gasteiger partial charge in [-0.15, -0.1) is 11.3 Å². The molecule has 2 N–H and O–H groups in total. The predicted molar refractivity (Wildman–Crippen MR) is 99.5 cm³/mol. The lowest BCUT2D eigenvalue weighted by molar-refractivity contribution is -0.115. The first-order valence-electron chi connectivity index (χ1n) is 8.53. The first-order chi connectivity index (χ1) is 11.5. The summed E-state index contributed by atoms with van der Waals surface area (Å²) < 4.78 is 0. The molecule has 1 heterocycles. The third-order valence-electron chi connectivity index (χ3n) is 4.74. The quantitative estimate of drug-likeness (QED) is 0.860. The van der Waals surface area contributed by atoms with Crippen LogP contribution in [0.2, 0.25) is 0 Å². The van der Waals surface area contributed by atoms with E-state index in [0.717, 1.165) is 40.4 Å². The van der Waals surface area contributed by atoms with Crippen LogP contribution in [0.4, 0.5) is 5.69 Å². The summed E-state index contributed by atoms with van der Waals surface area (Å²) in [5, 5.41) is 9.76. The molecule has 4 nitrogen and oxygen atoms in total. The fraction of sp³-hybridized carbons (Fsp3) is 0.474. The van der Waals surface area contributed by atoms with E-state index in [2.05, 4.69) is 27.1 Å². The van der Waals surface area contributed by atoms with Gasteiger partial charge in [-0.05, 0) is 50.8 Å². The molecule has 1 aromatic carbocycles. The minimum Gasteiger partial charge on any atom is -0.325 e. The van der Waals surface area contributed by atoms with Gasteiger partial charge in [-0.25, -0.2) is 4.98 Å². The van der Waals surface area contributed by atoms with Crippen molar-refractivity contribution in [3.8, 4) is 0 Å². The van der Waals surface area contributed by atoms with E-state index in [-0.39, 0.29) is 11.4 Å². The van der Waals surface area contributed by atoms with Crippen molar-refractivity contribution in [1.29, 1.82) is 0 Å². The van der Waals surface area contributed by atoms with E-state index in [1.807, 2.05) is 32.9 Å². The highest BCUT2D eigenvalue weighted by Gasteiger charge is 2.38. The SMILES string of the molecule is Cc1ccc(C)c(NC(=O)CNC2(c3nc(C)cs3)CCCC2)c1. The molecule has 0 radical (unpaired) electrons. The van der Waals surface area contributed by atoms with Gasteiger partial charge in [-0.3, -0.25) is 10.1 Å². The fourth-order valence-corrected chi connectivity index (χ4v) is 4.37. The number of aromatic nitrogens is 1. The summed E-state index contributed by atoms with van der Waals surface area (Å²) in [5.74, 6) is 0.00301. The number of nitrogens with zero attached hydrogens (tertiary/aromatic N) is 1. The van der Waals surface area contributed by atoms with Crippen LogP contribution in [-0.4, -0.2) is 17.4 Å². The van der Waals surface area contributed by atoms with Gasteiger partial charge in [-0.1, -0.05) is 25.0 Å². The molecule has 1 saturated carbocycles. The van der Waals surface area contributed by atoms with E-state index >= 15 is 0 Å². The van der Waals surface area contributed by atoms with Crippen LogP contribution in [0, 0.1) is 20.8 Å². The molecule has 0 spiro atoms. The van der Waals surface area contributed by atoms with Gasteiger partial charge in [0.05, 0.1) is 12.1 Å². The van der Waals surface area contributed by atoms with Crippen LogP contribution < -0.4 is 10.6 Å². The summed E-state index contributed by atoms with van der Waals surface area (Å²) in [4.78, 5) is 17.1. The predicted octanol–water partition coefficient (Wildman–Crippen LogP) is 4.07. The number of carbonyl (C=O) groups excluding carboxylic acids is 1. The zero-order valence-electron chi connectivity index (χ0n) is 14.6. The third kappa shape index (κ3) is 3.68. The summed E-state index contributed by atoms with van der Waals surface area (Å²) in [7, 11) is 0. The van der Waals surface area contributed by atoms with Crippen LogP contribution in [-0.2, 0) is 10.3 Å². The van der Waals surface area contributed by atoms with Crippen LogP contribution in [0.25, 0.3) is 0 Å². The maximum Gasteiger partial charge on any atom is 0.238 e. The Kier molecular flexibility index (Phi) is 5.01. The van der Waals surface area contributed by atoms with Gasteiger partial charge in [0.2, 0.25) is 5.91 Å². The Bertz CT molecular complexity index is 732. The van der Waals surface area contributed by atoms with Crippen molar-refractivity contribution >= 4 is 22.9 Å². The van der Waals surface area contributed by atoms with Crippen LogP contribution in [0.15, 0.2) is 23.6 Å². The number of aryl methyl sites for hydroxylation is 3. The summed E-state index contributed by atoms with van der Waals surface area (Å²) >= 11 is 1.70. The van der Waals surface area contributed by atoms with E-state index in [0.29, 0.717) is 6.54 Å². The molecule has 128 valence electrons. The molecule has 0 saturated heterocycles. The molecule has 2 aromatic rings. The van der Waals surface area contributed by atoms with Crippen molar-refractivity contribution in [2.45, 2.75) is 52.0 Å². The van der Waals surface area contributed by atoms with Gasteiger partial charge in [-0.2, -0.15) is 0 Å². The summed E-state index contributed by atoms with van der Waals surface area (Å²) in [5.41, 5.74) is 4.06. The second-order valence-electron chi connectivity index (χ2n) is 6.80. The summed E-state index contributed by atoms with van der Waals surface area (Å²) in [6.07, 6.45) is 4.47. The smallest absolute Gasteiger partial charge is 0.238 e. The normalized spacial score (nSPS) is 16.3. The highest BCUT2D eigenvalue weighted by Crippen LogP contribution is 2.39. The van der Waals surface area contributed by atoms with Crippen LogP contribution in [0.3, 0.4) is 0 Å². The Labute approximate surface area is 147 Å².